The number of ether oxygens (including phenoxy) is 1. The Hall–Kier alpha value is -3.41. The molecule has 4 N–H and O–H groups in total. The number of hydrogen-bond donors (Lipinski definition) is 4. The van der Waals surface area contributed by atoms with E-state index >= 15 is 0 Å². The molecule has 2 aliphatic rings. The number of imidazole rings is 1. The van der Waals surface area contributed by atoms with Crippen LogP contribution in [0.1, 0.15) is 35.0 Å². The number of nitrogens with zero attached hydrogens (tertiary/aromatic N) is 4. The highest BCUT2D eigenvalue weighted by molar-refractivity contribution is 5.76. The molecule has 0 bridgehead atoms. The molecule has 1 fully saturated rings. The SMILES string of the molecule is CN(C)Cc1nc(Nc2ccc(-c3cnc4cc(F)ccn34)c3c2C(O)NC3)ccc1[C@]1(O)CCOC1. The van der Waals surface area contributed by atoms with Crippen LogP contribution in [0.2, 0.25) is 0 Å². The molecule has 3 aromatic heterocycles. The van der Waals surface area contributed by atoms with E-state index in [-0.39, 0.29) is 12.4 Å². The second-order valence-corrected chi connectivity index (χ2v) is 9.94. The van der Waals surface area contributed by atoms with Crippen molar-refractivity contribution < 1.29 is 19.3 Å². The molecule has 0 spiro atoms. The lowest BCUT2D eigenvalue weighted by Gasteiger charge is -2.25. The summed E-state index contributed by atoms with van der Waals surface area (Å²) in [5.41, 5.74) is 5.14. The number of anilines is 2. The van der Waals surface area contributed by atoms with Gasteiger partial charge in [0.05, 0.1) is 24.2 Å². The van der Waals surface area contributed by atoms with Crippen LogP contribution in [0.5, 0.6) is 0 Å². The van der Waals surface area contributed by atoms with Gasteiger partial charge in [0.15, 0.2) is 0 Å². The van der Waals surface area contributed by atoms with Crippen molar-refractivity contribution in [3.05, 3.63) is 77.0 Å². The third-order valence-corrected chi connectivity index (χ3v) is 7.06. The van der Waals surface area contributed by atoms with Crippen molar-refractivity contribution in [3.63, 3.8) is 0 Å². The maximum absolute atomic E-state index is 13.7. The van der Waals surface area contributed by atoms with Crippen LogP contribution in [0.25, 0.3) is 16.9 Å². The Bertz CT molecular complexity index is 1480. The molecule has 1 saturated heterocycles. The highest BCUT2D eigenvalue weighted by Gasteiger charge is 2.37. The quantitative estimate of drug-likeness (QED) is 0.318. The molecule has 0 aliphatic carbocycles. The zero-order valence-corrected chi connectivity index (χ0v) is 20.7. The highest BCUT2D eigenvalue weighted by Crippen LogP contribution is 2.39. The summed E-state index contributed by atoms with van der Waals surface area (Å²) in [6, 6.07) is 10.4. The second-order valence-electron chi connectivity index (χ2n) is 9.94. The van der Waals surface area contributed by atoms with Gasteiger partial charge in [0.2, 0.25) is 0 Å². The lowest BCUT2D eigenvalue weighted by Crippen LogP contribution is -2.29. The number of aromatic nitrogens is 3. The Morgan fingerprint density at radius 3 is 2.92 bits per heavy atom. The number of aliphatic hydroxyl groups excluding tert-OH is 1. The molecule has 6 rings (SSSR count). The van der Waals surface area contributed by atoms with Crippen molar-refractivity contribution in [1.29, 1.82) is 0 Å². The average molecular weight is 505 g/mol. The van der Waals surface area contributed by atoms with E-state index in [9.17, 15) is 14.6 Å². The first-order valence-corrected chi connectivity index (χ1v) is 12.2. The van der Waals surface area contributed by atoms with E-state index in [0.29, 0.717) is 37.6 Å². The minimum absolute atomic E-state index is 0.255. The van der Waals surface area contributed by atoms with Crippen LogP contribution in [0.3, 0.4) is 0 Å². The van der Waals surface area contributed by atoms with Crippen LogP contribution in [-0.2, 0) is 23.4 Å². The monoisotopic (exact) mass is 504 g/mol. The zero-order chi connectivity index (χ0) is 25.7. The van der Waals surface area contributed by atoms with E-state index in [0.717, 1.165) is 39.3 Å². The van der Waals surface area contributed by atoms with Crippen LogP contribution < -0.4 is 10.6 Å². The molecular weight excluding hydrogens is 475 g/mol. The fraction of sp³-hybridized carbons (Fsp3) is 0.333. The van der Waals surface area contributed by atoms with Crippen molar-refractivity contribution >= 4 is 17.2 Å². The van der Waals surface area contributed by atoms with Crippen molar-refractivity contribution in [2.45, 2.75) is 31.3 Å². The molecule has 5 heterocycles. The van der Waals surface area contributed by atoms with Gasteiger partial charge in [-0.2, -0.15) is 0 Å². The fourth-order valence-corrected chi connectivity index (χ4v) is 5.29. The number of nitrogens with one attached hydrogen (secondary N) is 2. The molecule has 9 nitrogen and oxygen atoms in total. The molecule has 0 saturated carbocycles. The van der Waals surface area contributed by atoms with E-state index < -0.39 is 11.8 Å². The molecule has 0 amide bonds. The topological polar surface area (TPSA) is 107 Å². The molecule has 1 unspecified atom stereocenters. The predicted octanol–water partition coefficient (Wildman–Crippen LogP) is 3.04. The number of aliphatic hydroxyl groups is 2. The van der Waals surface area contributed by atoms with Gasteiger partial charge in [0.1, 0.15) is 29.1 Å². The average Bonchev–Trinajstić information content (AvgIpc) is 3.58. The largest absolute Gasteiger partial charge is 0.383 e. The van der Waals surface area contributed by atoms with Crippen LogP contribution in [0.4, 0.5) is 15.9 Å². The van der Waals surface area contributed by atoms with Crippen molar-refractivity contribution in [2.24, 2.45) is 0 Å². The van der Waals surface area contributed by atoms with Gasteiger partial charge in [-0.1, -0.05) is 12.1 Å². The molecule has 1 aromatic carbocycles. The van der Waals surface area contributed by atoms with Gasteiger partial charge in [-0.3, -0.25) is 9.72 Å². The first-order chi connectivity index (χ1) is 17.8. The standard InChI is InChI=1S/C27H29FN6O3/c1-33(2)14-21-19(27(36)8-10-37-15-27)4-6-23(32-21)31-20-5-3-17(18-12-30-26(35)25(18)20)22-13-29-24-11-16(28)7-9-34(22)24/h3-7,9,11,13,26,30,35-36H,8,10,12,14-15H2,1-2H3,(H,31,32)/t26?,27-/m0/s1. The molecule has 2 aliphatic heterocycles. The summed E-state index contributed by atoms with van der Waals surface area (Å²) in [5, 5.41) is 28.4. The summed E-state index contributed by atoms with van der Waals surface area (Å²) in [6.07, 6.45) is 3.05. The third-order valence-electron chi connectivity index (χ3n) is 7.06. The highest BCUT2D eigenvalue weighted by atomic mass is 19.1. The Morgan fingerprint density at radius 2 is 2.14 bits per heavy atom. The van der Waals surface area contributed by atoms with Crippen LogP contribution >= 0.6 is 0 Å². The Balaban J connectivity index is 1.38. The number of fused-ring (bicyclic) bond motifs is 2. The van der Waals surface area contributed by atoms with Gasteiger partial charge in [0.25, 0.3) is 0 Å². The molecule has 192 valence electrons. The summed E-state index contributed by atoms with van der Waals surface area (Å²) < 4.78 is 21.0. The first kappa shape index (κ1) is 24.0. The summed E-state index contributed by atoms with van der Waals surface area (Å²) in [6.45, 7) is 1.80. The smallest absolute Gasteiger partial charge is 0.140 e. The lowest BCUT2D eigenvalue weighted by molar-refractivity contribution is 0.0217. The van der Waals surface area contributed by atoms with E-state index in [1.54, 1.807) is 12.4 Å². The van der Waals surface area contributed by atoms with Gasteiger partial charge in [-0.15, -0.1) is 0 Å². The van der Waals surface area contributed by atoms with E-state index in [1.165, 1.54) is 12.1 Å². The summed E-state index contributed by atoms with van der Waals surface area (Å²) >= 11 is 0. The molecular formula is C27H29FN6O3. The lowest BCUT2D eigenvalue weighted by atomic mass is 9.91. The maximum atomic E-state index is 13.7. The molecule has 37 heavy (non-hydrogen) atoms. The number of halogens is 1. The van der Waals surface area contributed by atoms with Crippen LogP contribution in [-0.4, -0.2) is 56.8 Å². The minimum Gasteiger partial charge on any atom is -0.383 e. The molecule has 2 atom stereocenters. The summed E-state index contributed by atoms with van der Waals surface area (Å²) in [4.78, 5) is 11.2. The first-order valence-electron chi connectivity index (χ1n) is 12.2. The fourth-order valence-electron chi connectivity index (χ4n) is 5.29. The maximum Gasteiger partial charge on any atom is 0.140 e. The van der Waals surface area contributed by atoms with Gasteiger partial charge in [0, 0.05) is 60.8 Å². The van der Waals surface area contributed by atoms with Gasteiger partial charge < -0.3 is 25.2 Å². The van der Waals surface area contributed by atoms with Gasteiger partial charge in [-0.25, -0.2) is 14.4 Å². The van der Waals surface area contributed by atoms with Crippen molar-refractivity contribution in [2.75, 3.05) is 32.6 Å². The number of benzene rings is 1. The van der Waals surface area contributed by atoms with Crippen LogP contribution in [0.15, 0.2) is 48.8 Å². The minimum atomic E-state index is -1.04. The number of rotatable bonds is 6. The third kappa shape index (κ3) is 4.26. The second kappa shape index (κ2) is 9.16. The normalized spacial score (nSPS) is 21.2. The molecule has 10 heteroatoms. The van der Waals surface area contributed by atoms with E-state index in [1.807, 2.05) is 47.7 Å². The van der Waals surface area contributed by atoms with Gasteiger partial charge >= 0.3 is 0 Å². The Morgan fingerprint density at radius 1 is 1.27 bits per heavy atom. The predicted molar refractivity (Wildman–Crippen MR) is 137 cm³/mol. The zero-order valence-electron chi connectivity index (χ0n) is 20.7. The summed E-state index contributed by atoms with van der Waals surface area (Å²) in [7, 11) is 3.92. The van der Waals surface area contributed by atoms with Crippen molar-refractivity contribution in [3.8, 4) is 11.3 Å². The van der Waals surface area contributed by atoms with Crippen molar-refractivity contribution in [1.82, 2.24) is 24.6 Å². The Kier molecular flexibility index (Phi) is 5.93. The Labute approximate surface area is 213 Å². The molecule has 0 radical (unpaired) electrons. The van der Waals surface area contributed by atoms with E-state index in [2.05, 4.69) is 15.6 Å². The number of pyridine rings is 2. The number of hydrogen-bond acceptors (Lipinski definition) is 8. The van der Waals surface area contributed by atoms with Crippen LogP contribution in [0, 0.1) is 5.82 Å². The molecule has 4 aromatic rings. The van der Waals surface area contributed by atoms with E-state index in [4.69, 9.17) is 9.72 Å². The van der Waals surface area contributed by atoms with Gasteiger partial charge in [-0.05, 0) is 37.9 Å². The summed E-state index contributed by atoms with van der Waals surface area (Å²) in [5.74, 6) is 0.272.